The number of piperidine rings is 1. The lowest BCUT2D eigenvalue weighted by Crippen LogP contribution is -2.38. The maximum absolute atomic E-state index is 12.8. The number of carbonyl (C=O) groups is 1. The molecule has 4 heteroatoms. The minimum Gasteiger partial charge on any atom is -0.339 e. The highest BCUT2D eigenvalue weighted by Crippen LogP contribution is 2.29. The SMILES string of the molecule is Cc1ccc(C)c(C(=O)N2CCC(c3nccn3C(C)C)CC2)c1. The van der Waals surface area contributed by atoms with Crippen LogP contribution in [0.4, 0.5) is 0 Å². The summed E-state index contributed by atoms with van der Waals surface area (Å²) in [5.41, 5.74) is 3.04. The van der Waals surface area contributed by atoms with E-state index in [4.69, 9.17) is 0 Å². The summed E-state index contributed by atoms with van der Waals surface area (Å²) in [7, 11) is 0. The van der Waals surface area contributed by atoms with Crippen LogP contribution in [0.2, 0.25) is 0 Å². The first-order chi connectivity index (χ1) is 11.5. The zero-order valence-corrected chi connectivity index (χ0v) is 15.1. The number of aromatic nitrogens is 2. The van der Waals surface area contributed by atoms with E-state index in [1.54, 1.807) is 0 Å². The molecule has 0 saturated carbocycles. The van der Waals surface area contributed by atoms with Crippen LogP contribution in [-0.4, -0.2) is 33.4 Å². The first-order valence-electron chi connectivity index (χ1n) is 8.86. The van der Waals surface area contributed by atoms with Gasteiger partial charge in [0.15, 0.2) is 0 Å². The number of hydrogen-bond acceptors (Lipinski definition) is 2. The summed E-state index contributed by atoms with van der Waals surface area (Å²) in [5, 5.41) is 0. The number of likely N-dealkylation sites (tertiary alicyclic amines) is 1. The van der Waals surface area contributed by atoms with Crippen molar-refractivity contribution < 1.29 is 4.79 Å². The zero-order valence-electron chi connectivity index (χ0n) is 15.1. The third kappa shape index (κ3) is 3.23. The molecule has 3 rings (SSSR count). The molecular formula is C20H27N3O. The lowest BCUT2D eigenvalue weighted by atomic mass is 9.94. The minimum absolute atomic E-state index is 0.168. The third-order valence-corrected chi connectivity index (χ3v) is 5.03. The van der Waals surface area contributed by atoms with Gasteiger partial charge in [-0.2, -0.15) is 0 Å². The molecule has 0 unspecified atom stereocenters. The van der Waals surface area contributed by atoms with Crippen LogP contribution in [0, 0.1) is 13.8 Å². The van der Waals surface area contributed by atoms with E-state index in [0.29, 0.717) is 12.0 Å². The molecule has 1 aliphatic rings. The van der Waals surface area contributed by atoms with Gasteiger partial charge in [-0.25, -0.2) is 4.98 Å². The Bertz CT molecular complexity index is 724. The molecule has 0 atom stereocenters. The normalized spacial score (nSPS) is 16.0. The van der Waals surface area contributed by atoms with Crippen molar-refractivity contribution in [2.24, 2.45) is 0 Å². The summed E-state index contributed by atoms with van der Waals surface area (Å²) in [4.78, 5) is 19.4. The first kappa shape index (κ1) is 16.7. The van der Waals surface area contributed by atoms with Gasteiger partial charge in [-0.05, 0) is 52.2 Å². The minimum atomic E-state index is 0.168. The van der Waals surface area contributed by atoms with Crippen molar-refractivity contribution in [1.29, 1.82) is 0 Å². The van der Waals surface area contributed by atoms with Crippen molar-refractivity contribution >= 4 is 5.91 Å². The number of amides is 1. The molecule has 4 nitrogen and oxygen atoms in total. The van der Waals surface area contributed by atoms with Gasteiger partial charge in [-0.1, -0.05) is 17.7 Å². The molecule has 1 aromatic carbocycles. The van der Waals surface area contributed by atoms with Gasteiger partial charge in [0.1, 0.15) is 5.82 Å². The monoisotopic (exact) mass is 325 g/mol. The van der Waals surface area contributed by atoms with E-state index in [1.807, 2.05) is 37.1 Å². The van der Waals surface area contributed by atoms with Crippen molar-refractivity contribution in [3.63, 3.8) is 0 Å². The number of hydrogen-bond donors (Lipinski definition) is 0. The highest BCUT2D eigenvalue weighted by atomic mass is 16.2. The van der Waals surface area contributed by atoms with Crippen LogP contribution in [-0.2, 0) is 0 Å². The Morgan fingerprint density at radius 3 is 2.58 bits per heavy atom. The number of rotatable bonds is 3. The van der Waals surface area contributed by atoms with Crippen LogP contribution in [0.3, 0.4) is 0 Å². The van der Waals surface area contributed by atoms with Crippen LogP contribution in [0.15, 0.2) is 30.6 Å². The fraction of sp³-hybridized carbons (Fsp3) is 0.500. The van der Waals surface area contributed by atoms with Crippen LogP contribution >= 0.6 is 0 Å². The molecule has 2 aromatic rings. The Morgan fingerprint density at radius 2 is 1.92 bits per heavy atom. The molecule has 1 amide bonds. The lowest BCUT2D eigenvalue weighted by molar-refractivity contribution is 0.0709. The first-order valence-corrected chi connectivity index (χ1v) is 8.86. The summed E-state index contributed by atoms with van der Waals surface area (Å²) in [6.45, 7) is 10.0. The maximum atomic E-state index is 12.8. The maximum Gasteiger partial charge on any atom is 0.254 e. The van der Waals surface area contributed by atoms with Crippen molar-refractivity contribution in [2.45, 2.75) is 52.5 Å². The van der Waals surface area contributed by atoms with Gasteiger partial charge in [0, 0.05) is 43.0 Å². The Balaban J connectivity index is 1.70. The Morgan fingerprint density at radius 1 is 1.21 bits per heavy atom. The number of nitrogens with zero attached hydrogens (tertiary/aromatic N) is 3. The molecule has 0 aliphatic carbocycles. The van der Waals surface area contributed by atoms with E-state index < -0.39 is 0 Å². The molecule has 2 heterocycles. The molecular weight excluding hydrogens is 298 g/mol. The summed E-state index contributed by atoms with van der Waals surface area (Å²) in [6.07, 6.45) is 5.93. The van der Waals surface area contributed by atoms with Crippen LogP contribution in [0.25, 0.3) is 0 Å². The highest BCUT2D eigenvalue weighted by molar-refractivity contribution is 5.95. The van der Waals surface area contributed by atoms with Gasteiger partial charge >= 0.3 is 0 Å². The predicted molar refractivity (Wildman–Crippen MR) is 96.4 cm³/mol. The zero-order chi connectivity index (χ0) is 17.3. The third-order valence-electron chi connectivity index (χ3n) is 5.03. The largest absolute Gasteiger partial charge is 0.339 e. The fourth-order valence-corrected chi connectivity index (χ4v) is 3.55. The van der Waals surface area contributed by atoms with Crippen molar-refractivity contribution in [1.82, 2.24) is 14.5 Å². The fourth-order valence-electron chi connectivity index (χ4n) is 3.55. The topological polar surface area (TPSA) is 38.1 Å². The van der Waals surface area contributed by atoms with Crippen molar-refractivity contribution in [2.75, 3.05) is 13.1 Å². The van der Waals surface area contributed by atoms with Gasteiger partial charge in [-0.3, -0.25) is 4.79 Å². The molecule has 1 fully saturated rings. The average Bonchev–Trinajstić information content (AvgIpc) is 3.06. The van der Waals surface area contributed by atoms with E-state index in [-0.39, 0.29) is 5.91 Å². The second kappa shape index (κ2) is 6.80. The Labute approximate surface area is 144 Å². The molecule has 1 aliphatic heterocycles. The Kier molecular flexibility index (Phi) is 4.74. The van der Waals surface area contributed by atoms with Crippen LogP contribution in [0.1, 0.15) is 66.0 Å². The lowest BCUT2D eigenvalue weighted by Gasteiger charge is -2.32. The van der Waals surface area contributed by atoms with Gasteiger partial charge in [0.2, 0.25) is 0 Å². The Hall–Kier alpha value is -2.10. The van der Waals surface area contributed by atoms with Gasteiger partial charge in [0.25, 0.3) is 5.91 Å². The second-order valence-electron chi connectivity index (χ2n) is 7.17. The van der Waals surface area contributed by atoms with E-state index >= 15 is 0 Å². The van der Waals surface area contributed by atoms with Crippen molar-refractivity contribution in [3.05, 3.63) is 53.1 Å². The molecule has 0 bridgehead atoms. The summed E-state index contributed by atoms with van der Waals surface area (Å²) >= 11 is 0. The summed E-state index contributed by atoms with van der Waals surface area (Å²) in [5.74, 6) is 1.79. The molecule has 1 aromatic heterocycles. The molecule has 24 heavy (non-hydrogen) atoms. The predicted octanol–water partition coefficient (Wildman–Crippen LogP) is 4.10. The smallest absolute Gasteiger partial charge is 0.254 e. The quantitative estimate of drug-likeness (QED) is 0.852. The summed E-state index contributed by atoms with van der Waals surface area (Å²) < 4.78 is 2.26. The van der Waals surface area contributed by atoms with Gasteiger partial charge in [0.05, 0.1) is 0 Å². The number of benzene rings is 1. The van der Waals surface area contributed by atoms with E-state index in [2.05, 4.69) is 35.7 Å². The van der Waals surface area contributed by atoms with E-state index in [1.165, 1.54) is 5.82 Å². The number of imidazole rings is 1. The second-order valence-corrected chi connectivity index (χ2v) is 7.17. The van der Waals surface area contributed by atoms with Crippen LogP contribution in [0.5, 0.6) is 0 Å². The molecule has 0 N–H and O–H groups in total. The molecule has 128 valence electrons. The van der Waals surface area contributed by atoms with E-state index in [9.17, 15) is 4.79 Å². The molecule has 1 saturated heterocycles. The highest BCUT2D eigenvalue weighted by Gasteiger charge is 2.27. The number of aryl methyl sites for hydroxylation is 2. The molecule has 0 spiro atoms. The average molecular weight is 325 g/mol. The summed E-state index contributed by atoms with van der Waals surface area (Å²) in [6, 6.07) is 6.53. The van der Waals surface area contributed by atoms with Gasteiger partial charge < -0.3 is 9.47 Å². The molecule has 0 radical (unpaired) electrons. The van der Waals surface area contributed by atoms with Crippen LogP contribution < -0.4 is 0 Å². The van der Waals surface area contributed by atoms with E-state index in [0.717, 1.165) is 42.6 Å². The number of carbonyl (C=O) groups excluding carboxylic acids is 1. The van der Waals surface area contributed by atoms with Crippen molar-refractivity contribution in [3.8, 4) is 0 Å². The van der Waals surface area contributed by atoms with Gasteiger partial charge in [-0.15, -0.1) is 0 Å². The standard InChI is InChI=1S/C20H27N3O/c1-14(2)23-12-9-21-19(23)17-7-10-22(11-8-17)20(24)18-13-15(3)5-6-16(18)4/h5-6,9,12-14,17H,7-8,10-11H2,1-4H3.